The summed E-state index contributed by atoms with van der Waals surface area (Å²) in [7, 11) is 0. The predicted molar refractivity (Wildman–Crippen MR) is 76.7 cm³/mol. The molecule has 2 heterocycles. The van der Waals surface area contributed by atoms with E-state index in [1.165, 1.54) is 0 Å². The number of ether oxygens (including phenoxy) is 1. The topological polar surface area (TPSA) is 62.3 Å². The van der Waals surface area contributed by atoms with E-state index in [1.807, 2.05) is 20.0 Å². The second-order valence-corrected chi connectivity index (χ2v) is 4.64. The van der Waals surface area contributed by atoms with Gasteiger partial charge in [-0.1, -0.05) is 0 Å². The van der Waals surface area contributed by atoms with E-state index in [0.29, 0.717) is 5.95 Å². The van der Waals surface area contributed by atoms with E-state index >= 15 is 0 Å². The zero-order valence-corrected chi connectivity index (χ0v) is 11.8. The van der Waals surface area contributed by atoms with Crippen LogP contribution in [-0.2, 0) is 4.74 Å². The summed E-state index contributed by atoms with van der Waals surface area (Å²) < 4.78 is 5.34. The van der Waals surface area contributed by atoms with Gasteiger partial charge in [0.05, 0.1) is 13.2 Å². The van der Waals surface area contributed by atoms with Crippen LogP contribution in [0.3, 0.4) is 0 Å². The minimum atomic E-state index is 0.682. The molecule has 2 N–H and O–H groups in total. The molecule has 0 aromatic carbocycles. The highest BCUT2D eigenvalue weighted by atomic mass is 16.5. The third kappa shape index (κ3) is 4.33. The largest absolute Gasteiger partial charge is 0.379 e. The zero-order chi connectivity index (χ0) is 13.5. The van der Waals surface area contributed by atoms with Gasteiger partial charge in [-0.2, -0.15) is 4.98 Å². The van der Waals surface area contributed by atoms with Crippen molar-refractivity contribution in [3.05, 3.63) is 11.8 Å². The smallest absolute Gasteiger partial charge is 0.224 e. The van der Waals surface area contributed by atoms with Gasteiger partial charge < -0.3 is 15.4 Å². The van der Waals surface area contributed by atoms with E-state index in [0.717, 1.165) is 57.3 Å². The molecule has 19 heavy (non-hydrogen) atoms. The normalized spacial score (nSPS) is 16.3. The molecule has 0 spiro atoms. The maximum Gasteiger partial charge on any atom is 0.224 e. The van der Waals surface area contributed by atoms with E-state index in [1.54, 1.807) is 0 Å². The zero-order valence-electron chi connectivity index (χ0n) is 11.8. The number of anilines is 2. The van der Waals surface area contributed by atoms with Crippen LogP contribution in [0.4, 0.5) is 11.8 Å². The van der Waals surface area contributed by atoms with Gasteiger partial charge in [0.1, 0.15) is 5.82 Å². The standard InChI is InChI=1S/C13H23N5O/c1-3-14-13-16-10-11(2)12(17-13)15-4-5-18-6-8-19-9-7-18/h10H,3-9H2,1-2H3,(H2,14,15,16,17). The fourth-order valence-electron chi connectivity index (χ4n) is 2.02. The fourth-order valence-corrected chi connectivity index (χ4v) is 2.02. The summed E-state index contributed by atoms with van der Waals surface area (Å²) in [5.41, 5.74) is 1.07. The molecule has 1 fully saturated rings. The molecule has 2 rings (SSSR count). The van der Waals surface area contributed by atoms with E-state index in [9.17, 15) is 0 Å². The molecule has 0 saturated carbocycles. The van der Waals surface area contributed by atoms with Gasteiger partial charge in [-0.25, -0.2) is 4.98 Å². The van der Waals surface area contributed by atoms with Crippen molar-refractivity contribution in [1.82, 2.24) is 14.9 Å². The molecule has 1 aromatic rings. The van der Waals surface area contributed by atoms with Crippen molar-refractivity contribution < 1.29 is 4.74 Å². The minimum Gasteiger partial charge on any atom is -0.379 e. The number of nitrogens with zero attached hydrogens (tertiary/aromatic N) is 3. The summed E-state index contributed by atoms with van der Waals surface area (Å²) in [6.45, 7) is 10.5. The first-order chi connectivity index (χ1) is 9.29. The third-order valence-electron chi connectivity index (χ3n) is 3.13. The number of morpholine rings is 1. The summed E-state index contributed by atoms with van der Waals surface area (Å²) in [5.74, 6) is 1.60. The van der Waals surface area contributed by atoms with E-state index < -0.39 is 0 Å². The maximum atomic E-state index is 5.34. The van der Waals surface area contributed by atoms with Crippen molar-refractivity contribution in [3.63, 3.8) is 0 Å². The van der Waals surface area contributed by atoms with Gasteiger partial charge in [-0.05, 0) is 13.8 Å². The molecule has 0 radical (unpaired) electrons. The third-order valence-corrected chi connectivity index (χ3v) is 3.13. The Balaban J connectivity index is 1.82. The van der Waals surface area contributed by atoms with E-state index in [-0.39, 0.29) is 0 Å². The molecule has 0 amide bonds. The minimum absolute atomic E-state index is 0.682. The Morgan fingerprint density at radius 1 is 1.32 bits per heavy atom. The Labute approximate surface area is 114 Å². The Bertz CT molecular complexity index is 393. The molecule has 6 heteroatoms. The van der Waals surface area contributed by atoms with E-state index in [2.05, 4.69) is 25.5 Å². The second kappa shape index (κ2) is 7.25. The molecule has 0 atom stereocenters. The van der Waals surface area contributed by atoms with Crippen LogP contribution in [0.15, 0.2) is 6.20 Å². The van der Waals surface area contributed by atoms with Gasteiger partial charge in [-0.15, -0.1) is 0 Å². The van der Waals surface area contributed by atoms with Crippen LogP contribution in [-0.4, -0.2) is 60.8 Å². The Morgan fingerprint density at radius 3 is 2.84 bits per heavy atom. The van der Waals surface area contributed by atoms with Crippen molar-refractivity contribution in [1.29, 1.82) is 0 Å². The van der Waals surface area contributed by atoms with Crippen molar-refractivity contribution in [2.24, 2.45) is 0 Å². The molecule has 1 aliphatic heterocycles. The number of hydrogen-bond donors (Lipinski definition) is 2. The summed E-state index contributed by atoms with van der Waals surface area (Å²) in [5, 5.41) is 6.51. The molecule has 106 valence electrons. The van der Waals surface area contributed by atoms with Crippen LogP contribution >= 0.6 is 0 Å². The molecule has 0 bridgehead atoms. The highest BCUT2D eigenvalue weighted by molar-refractivity contribution is 5.46. The molecule has 6 nitrogen and oxygen atoms in total. The lowest BCUT2D eigenvalue weighted by molar-refractivity contribution is 0.0398. The first-order valence-electron chi connectivity index (χ1n) is 6.91. The van der Waals surface area contributed by atoms with Gasteiger partial charge in [0, 0.05) is 44.5 Å². The number of nitrogens with one attached hydrogen (secondary N) is 2. The molecule has 0 aliphatic carbocycles. The van der Waals surface area contributed by atoms with E-state index in [4.69, 9.17) is 4.74 Å². The quantitative estimate of drug-likeness (QED) is 0.799. The second-order valence-electron chi connectivity index (χ2n) is 4.64. The average Bonchev–Trinajstić information content (AvgIpc) is 2.44. The summed E-state index contributed by atoms with van der Waals surface area (Å²) in [6.07, 6.45) is 1.85. The Hall–Kier alpha value is -1.40. The SMILES string of the molecule is CCNc1ncc(C)c(NCCN2CCOCC2)n1. The highest BCUT2D eigenvalue weighted by Crippen LogP contribution is 2.12. The van der Waals surface area contributed by atoms with Gasteiger partial charge in [0.2, 0.25) is 5.95 Å². The Morgan fingerprint density at radius 2 is 2.11 bits per heavy atom. The van der Waals surface area contributed by atoms with Gasteiger partial charge in [0.25, 0.3) is 0 Å². The van der Waals surface area contributed by atoms with Crippen molar-refractivity contribution in [3.8, 4) is 0 Å². The molecular weight excluding hydrogens is 242 g/mol. The Kier molecular flexibility index (Phi) is 5.35. The van der Waals surface area contributed by atoms with Crippen LogP contribution in [0.2, 0.25) is 0 Å². The maximum absolute atomic E-state index is 5.34. The van der Waals surface area contributed by atoms with Crippen LogP contribution in [0.1, 0.15) is 12.5 Å². The fraction of sp³-hybridized carbons (Fsp3) is 0.692. The van der Waals surface area contributed by atoms with Gasteiger partial charge in [0.15, 0.2) is 0 Å². The first kappa shape index (κ1) is 14.0. The van der Waals surface area contributed by atoms with Gasteiger partial charge in [-0.3, -0.25) is 4.90 Å². The lowest BCUT2D eigenvalue weighted by atomic mass is 10.3. The summed E-state index contributed by atoms with van der Waals surface area (Å²) in [4.78, 5) is 11.1. The monoisotopic (exact) mass is 265 g/mol. The van der Waals surface area contributed by atoms with Crippen LogP contribution in [0, 0.1) is 6.92 Å². The van der Waals surface area contributed by atoms with Crippen LogP contribution in [0.25, 0.3) is 0 Å². The average molecular weight is 265 g/mol. The lowest BCUT2D eigenvalue weighted by Gasteiger charge is -2.26. The highest BCUT2D eigenvalue weighted by Gasteiger charge is 2.10. The molecule has 1 saturated heterocycles. The first-order valence-corrected chi connectivity index (χ1v) is 6.91. The number of hydrogen-bond acceptors (Lipinski definition) is 6. The van der Waals surface area contributed by atoms with Crippen LogP contribution < -0.4 is 10.6 Å². The van der Waals surface area contributed by atoms with Crippen LogP contribution in [0.5, 0.6) is 0 Å². The number of aryl methyl sites for hydroxylation is 1. The summed E-state index contributed by atoms with van der Waals surface area (Å²) >= 11 is 0. The summed E-state index contributed by atoms with van der Waals surface area (Å²) in [6, 6.07) is 0. The number of aromatic nitrogens is 2. The molecule has 0 unspecified atom stereocenters. The molecule has 1 aromatic heterocycles. The van der Waals surface area contributed by atoms with Gasteiger partial charge >= 0.3 is 0 Å². The van der Waals surface area contributed by atoms with Crippen molar-refractivity contribution >= 4 is 11.8 Å². The van der Waals surface area contributed by atoms with Crippen molar-refractivity contribution in [2.75, 3.05) is 56.6 Å². The number of rotatable bonds is 6. The molecular formula is C13H23N5O. The predicted octanol–water partition coefficient (Wildman–Crippen LogP) is 0.961. The van der Waals surface area contributed by atoms with Crippen molar-refractivity contribution in [2.45, 2.75) is 13.8 Å². The lowest BCUT2D eigenvalue weighted by Crippen LogP contribution is -2.39. The molecule has 1 aliphatic rings.